The molecule has 1 amide bonds. The summed E-state index contributed by atoms with van der Waals surface area (Å²) in [5, 5.41) is 8.97. The van der Waals surface area contributed by atoms with E-state index in [-0.39, 0.29) is 23.3 Å². The Balaban J connectivity index is 2.74. The molecule has 1 N–H and O–H groups in total. The van der Waals surface area contributed by atoms with Crippen LogP contribution in [-0.2, 0) is 9.59 Å². The van der Waals surface area contributed by atoms with Gasteiger partial charge in [0.25, 0.3) is 0 Å². The van der Waals surface area contributed by atoms with Gasteiger partial charge in [-0.1, -0.05) is 6.08 Å². The SMILES string of the molecule is C=CCN(C(=O)[C@@H]1CC[C@H](C(=O)O)C1)C(C)(C)C. The number of carboxylic acids is 1. The molecule has 1 aliphatic rings. The van der Waals surface area contributed by atoms with Crippen molar-refractivity contribution in [2.24, 2.45) is 11.8 Å². The molecule has 18 heavy (non-hydrogen) atoms. The summed E-state index contributed by atoms with van der Waals surface area (Å²) in [6, 6.07) is 0. The monoisotopic (exact) mass is 253 g/mol. The van der Waals surface area contributed by atoms with Crippen LogP contribution in [0.5, 0.6) is 0 Å². The Kier molecular flexibility index (Phi) is 4.54. The van der Waals surface area contributed by atoms with E-state index in [1.54, 1.807) is 11.0 Å². The van der Waals surface area contributed by atoms with Crippen molar-refractivity contribution in [3.63, 3.8) is 0 Å². The first-order valence-corrected chi connectivity index (χ1v) is 6.42. The molecular formula is C14H23NO3. The Morgan fingerprint density at radius 1 is 1.33 bits per heavy atom. The quantitative estimate of drug-likeness (QED) is 0.782. The highest BCUT2D eigenvalue weighted by molar-refractivity contribution is 5.81. The van der Waals surface area contributed by atoms with E-state index < -0.39 is 5.97 Å². The Morgan fingerprint density at radius 3 is 2.28 bits per heavy atom. The molecule has 4 heteroatoms. The third-order valence-corrected chi connectivity index (χ3v) is 3.52. The number of carbonyl (C=O) groups is 2. The maximum Gasteiger partial charge on any atom is 0.306 e. The standard InChI is InChI=1S/C14H23NO3/c1-5-8-15(14(2,3)4)12(16)10-6-7-11(9-10)13(17)18/h5,10-11H,1,6-9H2,2-4H3,(H,17,18)/t10-,11+/m1/s1. The Hall–Kier alpha value is -1.32. The summed E-state index contributed by atoms with van der Waals surface area (Å²) in [5.74, 6) is -1.22. The van der Waals surface area contributed by atoms with E-state index in [0.717, 1.165) is 0 Å². The molecule has 0 aromatic carbocycles. The van der Waals surface area contributed by atoms with Gasteiger partial charge in [0.15, 0.2) is 0 Å². The first kappa shape index (κ1) is 14.7. The van der Waals surface area contributed by atoms with Gasteiger partial charge in [0.05, 0.1) is 5.92 Å². The largest absolute Gasteiger partial charge is 0.481 e. The van der Waals surface area contributed by atoms with E-state index in [1.807, 2.05) is 20.8 Å². The van der Waals surface area contributed by atoms with Gasteiger partial charge in [0.2, 0.25) is 5.91 Å². The van der Waals surface area contributed by atoms with Crippen molar-refractivity contribution in [3.05, 3.63) is 12.7 Å². The molecule has 1 aliphatic carbocycles. The Labute approximate surface area is 109 Å². The van der Waals surface area contributed by atoms with Crippen molar-refractivity contribution in [1.29, 1.82) is 0 Å². The number of nitrogens with zero attached hydrogens (tertiary/aromatic N) is 1. The third kappa shape index (κ3) is 3.34. The average molecular weight is 253 g/mol. The van der Waals surface area contributed by atoms with E-state index >= 15 is 0 Å². The van der Waals surface area contributed by atoms with Gasteiger partial charge in [-0.15, -0.1) is 6.58 Å². The van der Waals surface area contributed by atoms with Crippen LogP contribution in [0.1, 0.15) is 40.0 Å². The minimum atomic E-state index is -0.781. The number of carboxylic acid groups (broad SMARTS) is 1. The molecule has 102 valence electrons. The highest BCUT2D eigenvalue weighted by atomic mass is 16.4. The molecule has 0 unspecified atom stereocenters. The van der Waals surface area contributed by atoms with Crippen LogP contribution in [0.4, 0.5) is 0 Å². The van der Waals surface area contributed by atoms with E-state index in [1.165, 1.54) is 0 Å². The van der Waals surface area contributed by atoms with Gasteiger partial charge in [0, 0.05) is 18.0 Å². The summed E-state index contributed by atoms with van der Waals surface area (Å²) < 4.78 is 0. The highest BCUT2D eigenvalue weighted by Gasteiger charge is 2.38. The summed E-state index contributed by atoms with van der Waals surface area (Å²) in [7, 11) is 0. The number of hydrogen-bond acceptors (Lipinski definition) is 2. The minimum absolute atomic E-state index is 0.0613. The number of rotatable bonds is 4. The molecular weight excluding hydrogens is 230 g/mol. The Bertz CT molecular complexity index is 343. The molecule has 4 nitrogen and oxygen atoms in total. The number of aliphatic carboxylic acids is 1. The van der Waals surface area contributed by atoms with Crippen LogP contribution < -0.4 is 0 Å². The second-order valence-electron chi connectivity index (χ2n) is 5.95. The van der Waals surface area contributed by atoms with Crippen LogP contribution in [0, 0.1) is 11.8 Å². The van der Waals surface area contributed by atoms with Crippen molar-refractivity contribution in [2.75, 3.05) is 6.54 Å². The lowest BCUT2D eigenvalue weighted by Crippen LogP contribution is -2.48. The zero-order chi connectivity index (χ0) is 13.9. The maximum absolute atomic E-state index is 12.4. The van der Waals surface area contributed by atoms with Crippen molar-refractivity contribution < 1.29 is 14.7 Å². The van der Waals surface area contributed by atoms with Gasteiger partial charge >= 0.3 is 5.97 Å². The lowest BCUT2D eigenvalue weighted by atomic mass is 9.99. The molecule has 0 saturated heterocycles. The smallest absolute Gasteiger partial charge is 0.306 e. The summed E-state index contributed by atoms with van der Waals surface area (Å²) in [6.45, 7) is 10.1. The van der Waals surface area contributed by atoms with Crippen molar-refractivity contribution >= 4 is 11.9 Å². The topological polar surface area (TPSA) is 57.6 Å². The van der Waals surface area contributed by atoms with Gasteiger partial charge in [-0.25, -0.2) is 0 Å². The van der Waals surface area contributed by atoms with Crippen LogP contribution in [0.2, 0.25) is 0 Å². The second kappa shape index (κ2) is 5.55. The number of amides is 1. The predicted molar refractivity (Wildman–Crippen MR) is 70.1 cm³/mol. The molecule has 1 saturated carbocycles. The number of carbonyl (C=O) groups excluding carboxylic acids is 1. The number of hydrogen-bond donors (Lipinski definition) is 1. The van der Waals surface area contributed by atoms with Crippen LogP contribution in [0.25, 0.3) is 0 Å². The van der Waals surface area contributed by atoms with Crippen LogP contribution in [0.3, 0.4) is 0 Å². The summed E-state index contributed by atoms with van der Waals surface area (Å²) in [6.07, 6.45) is 3.47. The zero-order valence-electron chi connectivity index (χ0n) is 11.5. The van der Waals surface area contributed by atoms with E-state index in [9.17, 15) is 9.59 Å². The molecule has 0 aromatic rings. The normalized spacial score (nSPS) is 23.7. The van der Waals surface area contributed by atoms with Gasteiger partial charge in [-0.3, -0.25) is 9.59 Å². The van der Waals surface area contributed by atoms with Gasteiger partial charge in [0.1, 0.15) is 0 Å². The van der Waals surface area contributed by atoms with Gasteiger partial charge < -0.3 is 10.0 Å². The van der Waals surface area contributed by atoms with Crippen molar-refractivity contribution in [3.8, 4) is 0 Å². The van der Waals surface area contributed by atoms with E-state index in [2.05, 4.69) is 6.58 Å². The molecule has 0 radical (unpaired) electrons. The lowest BCUT2D eigenvalue weighted by molar-refractivity contribution is -0.142. The van der Waals surface area contributed by atoms with Crippen LogP contribution >= 0.6 is 0 Å². The van der Waals surface area contributed by atoms with Gasteiger partial charge in [-0.2, -0.15) is 0 Å². The molecule has 0 aromatic heterocycles. The molecule has 2 atom stereocenters. The molecule has 1 rings (SSSR count). The van der Waals surface area contributed by atoms with E-state index in [0.29, 0.717) is 25.8 Å². The lowest BCUT2D eigenvalue weighted by Gasteiger charge is -2.36. The molecule has 1 fully saturated rings. The average Bonchev–Trinajstić information content (AvgIpc) is 2.72. The molecule has 0 bridgehead atoms. The maximum atomic E-state index is 12.4. The van der Waals surface area contributed by atoms with E-state index in [4.69, 9.17) is 5.11 Å². The van der Waals surface area contributed by atoms with Crippen LogP contribution in [-0.4, -0.2) is 34.0 Å². The molecule has 0 spiro atoms. The third-order valence-electron chi connectivity index (χ3n) is 3.52. The fourth-order valence-electron chi connectivity index (χ4n) is 2.47. The predicted octanol–water partition coefficient (Wildman–Crippen LogP) is 2.30. The highest BCUT2D eigenvalue weighted by Crippen LogP contribution is 2.33. The first-order chi connectivity index (χ1) is 8.27. The minimum Gasteiger partial charge on any atom is -0.481 e. The van der Waals surface area contributed by atoms with Gasteiger partial charge in [-0.05, 0) is 40.0 Å². The summed E-state index contributed by atoms with van der Waals surface area (Å²) in [5.41, 5.74) is -0.257. The van der Waals surface area contributed by atoms with Crippen LogP contribution in [0.15, 0.2) is 12.7 Å². The van der Waals surface area contributed by atoms with Crippen molar-refractivity contribution in [1.82, 2.24) is 4.90 Å². The fraction of sp³-hybridized carbons (Fsp3) is 0.714. The molecule has 0 aliphatic heterocycles. The zero-order valence-corrected chi connectivity index (χ0v) is 11.5. The van der Waals surface area contributed by atoms with Crippen molar-refractivity contribution in [2.45, 2.75) is 45.6 Å². The summed E-state index contributed by atoms with van der Waals surface area (Å²) >= 11 is 0. The Morgan fingerprint density at radius 2 is 1.89 bits per heavy atom. The second-order valence-corrected chi connectivity index (χ2v) is 5.95. The fourth-order valence-corrected chi connectivity index (χ4v) is 2.47. The first-order valence-electron chi connectivity index (χ1n) is 6.42. The summed E-state index contributed by atoms with van der Waals surface area (Å²) in [4.78, 5) is 25.1. The molecule has 0 heterocycles.